The average molecular weight is 333 g/mol. The van der Waals surface area contributed by atoms with E-state index in [-0.39, 0.29) is 9.88 Å². The highest BCUT2D eigenvalue weighted by Crippen LogP contribution is 2.29. The first-order valence-electron chi connectivity index (χ1n) is 5.53. The first-order valence-corrected chi connectivity index (χ1v) is 7.83. The summed E-state index contributed by atoms with van der Waals surface area (Å²) >= 11 is 0.666. The van der Waals surface area contributed by atoms with Gasteiger partial charge in [-0.05, 0) is 30.7 Å². The van der Waals surface area contributed by atoms with E-state index >= 15 is 0 Å². The number of halogens is 2. The van der Waals surface area contributed by atoms with Crippen LogP contribution in [0.25, 0.3) is 0 Å². The van der Waals surface area contributed by atoms with Gasteiger partial charge in [-0.15, -0.1) is 11.3 Å². The first kappa shape index (κ1) is 15.4. The van der Waals surface area contributed by atoms with Crippen molar-refractivity contribution in [2.75, 3.05) is 4.72 Å². The standard InChI is InChI=1S/C12H9F2NO4S2/c1-6-5-9(20-10(6)12(16)17)15-21(18,19)11-7(13)3-2-4-8(11)14/h2-5,15H,1H3,(H,16,17). The molecule has 0 aliphatic carbocycles. The number of thiophene rings is 1. The Labute approximate surface area is 122 Å². The lowest BCUT2D eigenvalue weighted by Crippen LogP contribution is -2.15. The van der Waals surface area contributed by atoms with Crippen LogP contribution in [0, 0.1) is 18.6 Å². The van der Waals surface area contributed by atoms with Gasteiger partial charge in [0.2, 0.25) is 0 Å². The molecule has 5 nitrogen and oxygen atoms in total. The zero-order chi connectivity index (χ0) is 15.8. The summed E-state index contributed by atoms with van der Waals surface area (Å²) in [6.45, 7) is 1.49. The van der Waals surface area contributed by atoms with Crippen molar-refractivity contribution in [3.05, 3.63) is 46.3 Å². The minimum atomic E-state index is -4.49. The Morgan fingerprint density at radius 3 is 2.33 bits per heavy atom. The molecule has 2 N–H and O–H groups in total. The van der Waals surface area contributed by atoms with Crippen molar-refractivity contribution in [1.29, 1.82) is 0 Å². The molecule has 0 spiro atoms. The number of benzene rings is 1. The molecule has 2 rings (SSSR count). The Morgan fingerprint density at radius 1 is 1.29 bits per heavy atom. The summed E-state index contributed by atoms with van der Waals surface area (Å²) < 4.78 is 53.0. The highest BCUT2D eigenvalue weighted by molar-refractivity contribution is 7.93. The normalized spacial score (nSPS) is 11.4. The second-order valence-corrected chi connectivity index (χ2v) is 6.76. The molecule has 0 saturated heterocycles. The second-order valence-electron chi connectivity index (χ2n) is 4.08. The fourth-order valence-electron chi connectivity index (χ4n) is 1.67. The SMILES string of the molecule is Cc1cc(NS(=O)(=O)c2c(F)cccc2F)sc1C(=O)O. The van der Waals surface area contributed by atoms with Crippen LogP contribution < -0.4 is 4.72 Å². The number of hydrogen-bond donors (Lipinski definition) is 2. The van der Waals surface area contributed by atoms with Gasteiger partial charge in [0, 0.05) is 0 Å². The molecular formula is C12H9F2NO4S2. The maximum absolute atomic E-state index is 13.5. The predicted molar refractivity (Wildman–Crippen MR) is 73.2 cm³/mol. The lowest BCUT2D eigenvalue weighted by atomic mass is 10.3. The molecule has 0 unspecified atom stereocenters. The van der Waals surface area contributed by atoms with Crippen LogP contribution in [0.2, 0.25) is 0 Å². The van der Waals surface area contributed by atoms with Crippen molar-refractivity contribution in [3.63, 3.8) is 0 Å². The third kappa shape index (κ3) is 3.03. The molecule has 0 aliphatic heterocycles. The molecule has 0 amide bonds. The summed E-state index contributed by atoms with van der Waals surface area (Å²) in [7, 11) is -4.49. The van der Waals surface area contributed by atoms with E-state index in [0.717, 1.165) is 18.2 Å². The third-order valence-corrected chi connectivity index (χ3v) is 5.22. The van der Waals surface area contributed by atoms with E-state index < -0.39 is 32.5 Å². The number of nitrogens with one attached hydrogen (secondary N) is 1. The van der Waals surface area contributed by atoms with Gasteiger partial charge in [0.15, 0.2) is 4.90 Å². The molecule has 0 fully saturated rings. The van der Waals surface area contributed by atoms with Gasteiger partial charge in [-0.3, -0.25) is 4.72 Å². The molecule has 0 saturated carbocycles. The second kappa shape index (κ2) is 5.41. The summed E-state index contributed by atoms with van der Waals surface area (Å²) in [6.07, 6.45) is 0. The van der Waals surface area contributed by atoms with Crippen molar-refractivity contribution in [2.24, 2.45) is 0 Å². The number of carboxylic acids is 1. The molecule has 1 heterocycles. The summed E-state index contributed by atoms with van der Waals surface area (Å²) in [5.74, 6) is -3.66. The number of carboxylic acid groups (broad SMARTS) is 1. The maximum Gasteiger partial charge on any atom is 0.346 e. The van der Waals surface area contributed by atoms with Gasteiger partial charge in [0.1, 0.15) is 21.5 Å². The van der Waals surface area contributed by atoms with Crippen LogP contribution in [0.3, 0.4) is 0 Å². The summed E-state index contributed by atoms with van der Waals surface area (Å²) in [5.41, 5.74) is 0.346. The highest BCUT2D eigenvalue weighted by atomic mass is 32.2. The van der Waals surface area contributed by atoms with Gasteiger partial charge in [-0.25, -0.2) is 22.0 Å². The molecule has 2 aromatic rings. The number of rotatable bonds is 4. The molecule has 0 aliphatic rings. The van der Waals surface area contributed by atoms with Crippen LogP contribution in [0.5, 0.6) is 0 Å². The Hall–Kier alpha value is -2.00. The Balaban J connectivity index is 2.43. The van der Waals surface area contributed by atoms with Crippen LogP contribution >= 0.6 is 11.3 Å². The van der Waals surface area contributed by atoms with Gasteiger partial charge in [-0.2, -0.15) is 0 Å². The Morgan fingerprint density at radius 2 is 1.86 bits per heavy atom. The van der Waals surface area contributed by atoms with Crippen molar-refractivity contribution in [1.82, 2.24) is 0 Å². The van der Waals surface area contributed by atoms with Gasteiger partial charge in [0.05, 0.1) is 0 Å². The summed E-state index contributed by atoms with van der Waals surface area (Å²) in [6, 6.07) is 3.96. The topological polar surface area (TPSA) is 83.5 Å². The Kier molecular flexibility index (Phi) is 3.97. The van der Waals surface area contributed by atoms with E-state index in [1.807, 2.05) is 4.72 Å². The van der Waals surface area contributed by atoms with E-state index in [4.69, 9.17) is 5.11 Å². The highest BCUT2D eigenvalue weighted by Gasteiger charge is 2.25. The minimum Gasteiger partial charge on any atom is -0.477 e. The number of anilines is 1. The molecule has 1 aromatic carbocycles. The van der Waals surface area contributed by atoms with E-state index in [1.54, 1.807) is 0 Å². The summed E-state index contributed by atoms with van der Waals surface area (Å²) in [4.78, 5) is 9.73. The molecule has 9 heteroatoms. The molecule has 21 heavy (non-hydrogen) atoms. The number of hydrogen-bond acceptors (Lipinski definition) is 4. The van der Waals surface area contributed by atoms with Crippen LogP contribution in [-0.2, 0) is 10.0 Å². The van der Waals surface area contributed by atoms with Crippen LogP contribution in [0.15, 0.2) is 29.2 Å². The van der Waals surface area contributed by atoms with E-state index in [2.05, 4.69) is 0 Å². The van der Waals surface area contributed by atoms with Crippen LogP contribution in [0.1, 0.15) is 15.2 Å². The summed E-state index contributed by atoms with van der Waals surface area (Å²) in [5, 5.41) is 8.86. The molecular weight excluding hydrogens is 324 g/mol. The number of carbonyl (C=O) groups is 1. The van der Waals surface area contributed by atoms with Gasteiger partial charge in [-0.1, -0.05) is 6.07 Å². The monoisotopic (exact) mass is 333 g/mol. The molecule has 0 bridgehead atoms. The minimum absolute atomic E-state index is 0.0347. The van der Waals surface area contributed by atoms with Crippen molar-refractivity contribution < 1.29 is 27.1 Å². The molecule has 0 radical (unpaired) electrons. The van der Waals surface area contributed by atoms with Gasteiger partial charge < -0.3 is 5.11 Å². The molecule has 0 atom stereocenters. The fourth-order valence-corrected chi connectivity index (χ4v) is 4.00. The third-order valence-electron chi connectivity index (χ3n) is 2.53. The largest absolute Gasteiger partial charge is 0.477 e. The van der Waals surface area contributed by atoms with E-state index in [9.17, 15) is 22.0 Å². The molecule has 112 valence electrons. The Bertz CT molecular complexity index is 794. The number of aromatic carboxylic acids is 1. The smallest absolute Gasteiger partial charge is 0.346 e. The zero-order valence-corrected chi connectivity index (χ0v) is 12.2. The average Bonchev–Trinajstić information content (AvgIpc) is 2.68. The fraction of sp³-hybridized carbons (Fsp3) is 0.0833. The molecule has 1 aromatic heterocycles. The van der Waals surface area contributed by atoms with Crippen LogP contribution in [0.4, 0.5) is 13.8 Å². The first-order chi connectivity index (χ1) is 9.72. The number of aryl methyl sites for hydroxylation is 1. The van der Waals surface area contributed by atoms with Crippen molar-refractivity contribution >= 4 is 32.3 Å². The quantitative estimate of drug-likeness (QED) is 0.901. The maximum atomic E-state index is 13.5. The van der Waals surface area contributed by atoms with Crippen molar-refractivity contribution in [2.45, 2.75) is 11.8 Å². The van der Waals surface area contributed by atoms with Gasteiger partial charge in [0.25, 0.3) is 10.0 Å². The lowest BCUT2D eigenvalue weighted by Gasteiger charge is -2.07. The predicted octanol–water partition coefficient (Wildman–Crippen LogP) is 2.83. The van der Waals surface area contributed by atoms with E-state index in [0.29, 0.717) is 16.9 Å². The van der Waals surface area contributed by atoms with Gasteiger partial charge >= 0.3 is 5.97 Å². The van der Waals surface area contributed by atoms with E-state index in [1.165, 1.54) is 13.0 Å². The lowest BCUT2D eigenvalue weighted by molar-refractivity contribution is 0.0701. The van der Waals surface area contributed by atoms with Crippen LogP contribution in [-0.4, -0.2) is 19.5 Å². The zero-order valence-electron chi connectivity index (χ0n) is 10.6. The number of sulfonamides is 1. The van der Waals surface area contributed by atoms with Crippen molar-refractivity contribution in [3.8, 4) is 0 Å².